The molecule has 3 aromatic carbocycles. The Bertz CT molecular complexity index is 1040. The highest BCUT2D eigenvalue weighted by Crippen LogP contribution is 2.19. The van der Waals surface area contributed by atoms with Crippen LogP contribution in [0.5, 0.6) is 0 Å². The number of nitrogens with one attached hydrogen (secondary N) is 1. The summed E-state index contributed by atoms with van der Waals surface area (Å²) >= 11 is 0. The zero-order chi connectivity index (χ0) is 21.3. The average Bonchev–Trinajstić information content (AvgIpc) is 2.77. The Hall–Kier alpha value is -3.47. The van der Waals surface area contributed by atoms with E-state index in [2.05, 4.69) is 12.2 Å². The number of ether oxygens (including phenoxy) is 1. The summed E-state index contributed by atoms with van der Waals surface area (Å²) < 4.78 is 5.24. The second-order valence-electron chi connectivity index (χ2n) is 7.11. The molecule has 1 amide bonds. The van der Waals surface area contributed by atoms with Crippen molar-refractivity contribution in [1.82, 2.24) is 0 Å². The first kappa shape index (κ1) is 21.2. The van der Waals surface area contributed by atoms with Gasteiger partial charge in [0.15, 0.2) is 12.4 Å². The lowest BCUT2D eigenvalue weighted by molar-refractivity contribution is -0.116. The Morgan fingerprint density at radius 1 is 0.867 bits per heavy atom. The molecule has 0 bridgehead atoms. The maximum absolute atomic E-state index is 12.5. The van der Waals surface area contributed by atoms with Crippen molar-refractivity contribution < 1.29 is 19.1 Å². The smallest absolute Gasteiger partial charge is 0.339 e. The van der Waals surface area contributed by atoms with Crippen LogP contribution in [0.25, 0.3) is 10.8 Å². The third-order valence-corrected chi connectivity index (χ3v) is 4.84. The highest BCUT2D eigenvalue weighted by Gasteiger charge is 2.14. The first-order valence-electron chi connectivity index (χ1n) is 10.2. The van der Waals surface area contributed by atoms with Crippen molar-refractivity contribution in [2.24, 2.45) is 0 Å². The van der Waals surface area contributed by atoms with E-state index in [1.54, 1.807) is 36.4 Å². The Kier molecular flexibility index (Phi) is 7.33. The van der Waals surface area contributed by atoms with Gasteiger partial charge >= 0.3 is 5.97 Å². The van der Waals surface area contributed by atoms with Crippen molar-refractivity contribution in [3.05, 3.63) is 77.9 Å². The molecule has 3 aromatic rings. The van der Waals surface area contributed by atoms with Gasteiger partial charge in [0.05, 0.1) is 5.56 Å². The first-order valence-corrected chi connectivity index (χ1v) is 10.2. The van der Waals surface area contributed by atoms with Crippen LogP contribution in [0.1, 0.15) is 53.3 Å². The number of benzene rings is 3. The molecule has 0 heterocycles. The molecule has 0 radical (unpaired) electrons. The number of carbonyl (C=O) groups excluding carboxylic acids is 3. The topological polar surface area (TPSA) is 72.5 Å². The van der Waals surface area contributed by atoms with E-state index in [-0.39, 0.29) is 18.3 Å². The van der Waals surface area contributed by atoms with Crippen molar-refractivity contribution in [2.45, 2.75) is 32.6 Å². The van der Waals surface area contributed by atoms with Crippen LogP contribution in [-0.4, -0.2) is 24.3 Å². The predicted octanol–water partition coefficient (Wildman–Crippen LogP) is 5.40. The summed E-state index contributed by atoms with van der Waals surface area (Å²) in [7, 11) is 0. The number of carbonyl (C=O) groups is 3. The van der Waals surface area contributed by atoms with E-state index in [0.717, 1.165) is 30.0 Å². The number of fused-ring (bicyclic) bond motifs is 1. The van der Waals surface area contributed by atoms with E-state index < -0.39 is 5.97 Å². The number of hydrogen-bond donors (Lipinski definition) is 1. The van der Waals surface area contributed by atoms with E-state index in [0.29, 0.717) is 23.2 Å². The fourth-order valence-corrected chi connectivity index (χ4v) is 3.19. The number of unbranched alkanes of at least 4 members (excludes halogenated alkanes) is 2. The van der Waals surface area contributed by atoms with E-state index in [1.807, 2.05) is 30.3 Å². The van der Waals surface area contributed by atoms with Gasteiger partial charge in [-0.05, 0) is 47.5 Å². The van der Waals surface area contributed by atoms with Crippen LogP contribution in [-0.2, 0) is 9.53 Å². The van der Waals surface area contributed by atoms with Crippen molar-refractivity contribution in [2.75, 3.05) is 11.9 Å². The van der Waals surface area contributed by atoms with Crippen LogP contribution >= 0.6 is 0 Å². The van der Waals surface area contributed by atoms with Gasteiger partial charge in [0, 0.05) is 17.7 Å². The fraction of sp³-hybridized carbons (Fsp3) is 0.240. The van der Waals surface area contributed by atoms with Crippen molar-refractivity contribution in [3.63, 3.8) is 0 Å². The van der Waals surface area contributed by atoms with Crippen LogP contribution in [0.2, 0.25) is 0 Å². The predicted molar refractivity (Wildman–Crippen MR) is 118 cm³/mol. The summed E-state index contributed by atoms with van der Waals surface area (Å²) in [5.41, 5.74) is 1.49. The second-order valence-corrected chi connectivity index (χ2v) is 7.11. The average molecular weight is 403 g/mol. The van der Waals surface area contributed by atoms with Crippen molar-refractivity contribution >= 4 is 34.1 Å². The van der Waals surface area contributed by atoms with Gasteiger partial charge in [-0.2, -0.15) is 0 Å². The number of hydrogen-bond acceptors (Lipinski definition) is 4. The lowest BCUT2D eigenvalue weighted by Gasteiger charge is -2.08. The van der Waals surface area contributed by atoms with E-state index in [4.69, 9.17) is 4.74 Å². The molecule has 5 nitrogen and oxygen atoms in total. The van der Waals surface area contributed by atoms with E-state index >= 15 is 0 Å². The standard InChI is InChI=1S/C25H25NO4/c1-2-3-4-12-24(28)26-20-15-13-19(14-16-20)23(27)17-30-25(29)22-11-7-9-18-8-5-6-10-21(18)22/h5-11,13-16H,2-4,12,17H2,1H3,(H,26,28). The molecule has 0 aliphatic carbocycles. The van der Waals surface area contributed by atoms with E-state index in [9.17, 15) is 14.4 Å². The molecule has 0 aliphatic rings. The minimum absolute atomic E-state index is 0.0356. The summed E-state index contributed by atoms with van der Waals surface area (Å²) in [6.07, 6.45) is 3.44. The van der Waals surface area contributed by atoms with Gasteiger partial charge in [-0.1, -0.05) is 56.2 Å². The number of ketones is 1. The second kappa shape index (κ2) is 10.3. The molecule has 30 heavy (non-hydrogen) atoms. The number of rotatable bonds is 9. The summed E-state index contributed by atoms with van der Waals surface area (Å²) in [5, 5.41) is 4.54. The molecule has 0 spiro atoms. The Morgan fingerprint density at radius 3 is 2.37 bits per heavy atom. The third-order valence-electron chi connectivity index (χ3n) is 4.84. The van der Waals surface area contributed by atoms with Gasteiger partial charge in [-0.3, -0.25) is 9.59 Å². The summed E-state index contributed by atoms with van der Waals surface area (Å²) in [6, 6.07) is 19.5. The van der Waals surface area contributed by atoms with Gasteiger partial charge < -0.3 is 10.1 Å². The highest BCUT2D eigenvalue weighted by molar-refractivity contribution is 6.06. The quantitative estimate of drug-likeness (QED) is 0.295. The van der Waals surface area contributed by atoms with Crippen molar-refractivity contribution in [3.8, 4) is 0 Å². The molecule has 0 aromatic heterocycles. The molecule has 0 saturated heterocycles. The molecule has 0 fully saturated rings. The van der Waals surface area contributed by atoms with Gasteiger partial charge in [0.1, 0.15) is 0 Å². The normalized spacial score (nSPS) is 10.6. The lowest BCUT2D eigenvalue weighted by atomic mass is 10.0. The maximum Gasteiger partial charge on any atom is 0.339 e. The van der Waals surface area contributed by atoms with Crippen LogP contribution in [0.3, 0.4) is 0 Å². The molecule has 0 unspecified atom stereocenters. The maximum atomic E-state index is 12.5. The molecule has 1 N–H and O–H groups in total. The van der Waals surface area contributed by atoms with Crippen LogP contribution in [0, 0.1) is 0 Å². The minimum atomic E-state index is -0.531. The molecular weight excluding hydrogens is 378 g/mol. The zero-order valence-electron chi connectivity index (χ0n) is 17.0. The van der Waals surface area contributed by atoms with E-state index in [1.165, 1.54) is 0 Å². The molecular formula is C25H25NO4. The monoisotopic (exact) mass is 403 g/mol. The molecule has 0 atom stereocenters. The Labute approximate surface area is 176 Å². The molecule has 5 heteroatoms. The Balaban J connectivity index is 1.55. The highest BCUT2D eigenvalue weighted by atomic mass is 16.5. The summed E-state index contributed by atoms with van der Waals surface area (Å²) in [6.45, 7) is 1.75. The first-order chi connectivity index (χ1) is 14.6. The molecule has 0 saturated carbocycles. The summed E-state index contributed by atoms with van der Waals surface area (Å²) in [4.78, 5) is 36.7. The van der Waals surface area contributed by atoms with Gasteiger partial charge in [-0.15, -0.1) is 0 Å². The molecule has 3 rings (SSSR count). The summed E-state index contributed by atoms with van der Waals surface area (Å²) in [5.74, 6) is -0.868. The van der Waals surface area contributed by atoms with Gasteiger partial charge in [0.25, 0.3) is 0 Å². The molecule has 154 valence electrons. The van der Waals surface area contributed by atoms with Crippen LogP contribution in [0.15, 0.2) is 66.7 Å². The third kappa shape index (κ3) is 5.54. The largest absolute Gasteiger partial charge is 0.454 e. The number of esters is 1. The van der Waals surface area contributed by atoms with Crippen molar-refractivity contribution in [1.29, 1.82) is 0 Å². The molecule has 0 aliphatic heterocycles. The number of amides is 1. The van der Waals surface area contributed by atoms with Gasteiger partial charge in [0.2, 0.25) is 5.91 Å². The van der Waals surface area contributed by atoms with Gasteiger partial charge in [-0.25, -0.2) is 4.79 Å². The zero-order valence-corrected chi connectivity index (χ0v) is 17.0. The fourth-order valence-electron chi connectivity index (χ4n) is 3.19. The number of anilines is 1. The lowest BCUT2D eigenvalue weighted by Crippen LogP contribution is -2.15. The number of Topliss-reactive ketones (excluding diaryl/α,β-unsaturated/α-hetero) is 1. The van der Waals surface area contributed by atoms with Crippen LogP contribution < -0.4 is 5.32 Å². The SMILES string of the molecule is CCCCCC(=O)Nc1ccc(C(=O)COC(=O)c2cccc3ccccc23)cc1. The Morgan fingerprint density at radius 2 is 1.60 bits per heavy atom. The van der Waals surface area contributed by atoms with Crippen LogP contribution in [0.4, 0.5) is 5.69 Å². The minimum Gasteiger partial charge on any atom is -0.454 e.